The highest BCUT2D eigenvalue weighted by Crippen LogP contribution is 2.29. The molecule has 0 aromatic heterocycles. The number of rotatable bonds is 3. The minimum absolute atomic E-state index is 0.724. The summed E-state index contributed by atoms with van der Waals surface area (Å²) in [4.78, 5) is 2.82. The fourth-order valence-electron chi connectivity index (χ4n) is 3.89. The summed E-state index contributed by atoms with van der Waals surface area (Å²) in [5.74, 6) is 1.72. The van der Waals surface area contributed by atoms with Crippen molar-refractivity contribution in [3.05, 3.63) is 0 Å². The van der Waals surface area contributed by atoms with Crippen LogP contribution < -0.4 is 5.32 Å². The molecule has 0 aromatic rings. The van der Waals surface area contributed by atoms with Crippen LogP contribution in [0.25, 0.3) is 0 Å². The van der Waals surface area contributed by atoms with Crippen LogP contribution in [0.5, 0.6) is 0 Å². The quantitative estimate of drug-likeness (QED) is 0.829. The fraction of sp³-hybridized carbons (Fsp3) is 1.00. The van der Waals surface area contributed by atoms with Gasteiger partial charge in [-0.15, -0.1) is 0 Å². The molecule has 1 aliphatic carbocycles. The Balaban J connectivity index is 1.93. The molecule has 1 heterocycles. The van der Waals surface area contributed by atoms with Gasteiger partial charge in [-0.05, 0) is 50.6 Å². The Labute approximate surface area is 114 Å². The second kappa shape index (κ2) is 6.91. The summed E-state index contributed by atoms with van der Waals surface area (Å²) < 4.78 is 0. The molecular formula is C16H32N2. The van der Waals surface area contributed by atoms with E-state index in [1.165, 1.54) is 58.2 Å². The highest BCUT2D eigenvalue weighted by Gasteiger charge is 2.29. The van der Waals surface area contributed by atoms with Gasteiger partial charge < -0.3 is 5.32 Å². The van der Waals surface area contributed by atoms with Crippen LogP contribution in [0.15, 0.2) is 0 Å². The standard InChI is InChI=1S/C16H32N2/c1-13(2)11-15-12-18(10-6-9-17-15)16-8-5-4-7-14(16)3/h13-17H,4-12H2,1-3H3. The normalized spacial score (nSPS) is 35.7. The molecule has 1 N–H and O–H groups in total. The van der Waals surface area contributed by atoms with E-state index in [2.05, 4.69) is 31.0 Å². The first-order valence-corrected chi connectivity index (χ1v) is 8.14. The van der Waals surface area contributed by atoms with Crippen molar-refractivity contribution in [1.29, 1.82) is 0 Å². The van der Waals surface area contributed by atoms with Crippen LogP contribution in [-0.4, -0.2) is 36.6 Å². The van der Waals surface area contributed by atoms with Gasteiger partial charge in [-0.25, -0.2) is 0 Å². The van der Waals surface area contributed by atoms with Crippen molar-refractivity contribution in [1.82, 2.24) is 10.2 Å². The molecule has 2 rings (SSSR count). The molecule has 1 saturated heterocycles. The monoisotopic (exact) mass is 252 g/mol. The van der Waals surface area contributed by atoms with Crippen LogP contribution in [0.4, 0.5) is 0 Å². The lowest BCUT2D eigenvalue weighted by Gasteiger charge is -2.39. The first-order chi connectivity index (χ1) is 8.66. The largest absolute Gasteiger partial charge is 0.313 e. The Morgan fingerprint density at radius 3 is 2.67 bits per heavy atom. The van der Waals surface area contributed by atoms with Gasteiger partial charge in [0.25, 0.3) is 0 Å². The smallest absolute Gasteiger partial charge is 0.0197 e. The Kier molecular flexibility index (Phi) is 5.50. The minimum atomic E-state index is 0.724. The summed E-state index contributed by atoms with van der Waals surface area (Å²) in [6.07, 6.45) is 8.46. The minimum Gasteiger partial charge on any atom is -0.313 e. The molecule has 0 spiro atoms. The fourth-order valence-corrected chi connectivity index (χ4v) is 3.89. The van der Waals surface area contributed by atoms with Crippen molar-refractivity contribution in [3.8, 4) is 0 Å². The summed E-state index contributed by atoms with van der Waals surface area (Å²) in [5.41, 5.74) is 0. The maximum Gasteiger partial charge on any atom is 0.0197 e. The second-order valence-electron chi connectivity index (χ2n) is 6.96. The van der Waals surface area contributed by atoms with E-state index >= 15 is 0 Å². The third-order valence-corrected chi connectivity index (χ3v) is 4.80. The lowest BCUT2D eigenvalue weighted by molar-refractivity contribution is 0.107. The summed E-state index contributed by atoms with van der Waals surface area (Å²) in [6.45, 7) is 11.0. The van der Waals surface area contributed by atoms with Crippen molar-refractivity contribution in [2.45, 2.75) is 71.4 Å². The van der Waals surface area contributed by atoms with Gasteiger partial charge in [-0.1, -0.05) is 33.6 Å². The first kappa shape index (κ1) is 14.3. The van der Waals surface area contributed by atoms with E-state index in [0.29, 0.717) is 0 Å². The highest BCUT2D eigenvalue weighted by atomic mass is 15.2. The third-order valence-electron chi connectivity index (χ3n) is 4.80. The Morgan fingerprint density at radius 1 is 1.17 bits per heavy atom. The molecule has 106 valence electrons. The summed E-state index contributed by atoms with van der Waals surface area (Å²) >= 11 is 0. The van der Waals surface area contributed by atoms with Gasteiger partial charge in [-0.3, -0.25) is 4.90 Å². The third kappa shape index (κ3) is 3.96. The molecule has 2 aliphatic rings. The topological polar surface area (TPSA) is 15.3 Å². The van der Waals surface area contributed by atoms with E-state index < -0.39 is 0 Å². The molecule has 0 aromatic carbocycles. The van der Waals surface area contributed by atoms with Crippen molar-refractivity contribution >= 4 is 0 Å². The summed E-state index contributed by atoms with van der Waals surface area (Å²) in [7, 11) is 0. The summed E-state index contributed by atoms with van der Waals surface area (Å²) in [5, 5.41) is 3.76. The van der Waals surface area contributed by atoms with Crippen LogP contribution in [0.3, 0.4) is 0 Å². The van der Waals surface area contributed by atoms with Gasteiger partial charge in [0, 0.05) is 18.6 Å². The predicted molar refractivity (Wildman–Crippen MR) is 78.9 cm³/mol. The van der Waals surface area contributed by atoms with Crippen LogP contribution in [0.2, 0.25) is 0 Å². The van der Waals surface area contributed by atoms with Gasteiger partial charge in [0.05, 0.1) is 0 Å². The molecule has 3 unspecified atom stereocenters. The van der Waals surface area contributed by atoms with Crippen molar-refractivity contribution in [2.75, 3.05) is 19.6 Å². The van der Waals surface area contributed by atoms with E-state index in [1.807, 2.05) is 0 Å². The van der Waals surface area contributed by atoms with Gasteiger partial charge >= 0.3 is 0 Å². The number of hydrogen-bond donors (Lipinski definition) is 1. The lowest BCUT2D eigenvalue weighted by atomic mass is 9.84. The molecule has 2 heteroatoms. The van der Waals surface area contributed by atoms with Gasteiger partial charge in [-0.2, -0.15) is 0 Å². The summed E-state index contributed by atoms with van der Waals surface area (Å²) in [6, 6.07) is 1.59. The van der Waals surface area contributed by atoms with E-state index in [1.54, 1.807) is 0 Å². The lowest BCUT2D eigenvalue weighted by Crippen LogP contribution is -2.46. The predicted octanol–water partition coefficient (Wildman–Crippen LogP) is 3.28. The average Bonchev–Trinajstić information content (AvgIpc) is 2.54. The van der Waals surface area contributed by atoms with E-state index in [0.717, 1.165) is 23.9 Å². The highest BCUT2D eigenvalue weighted by molar-refractivity contribution is 4.86. The molecule has 3 atom stereocenters. The van der Waals surface area contributed by atoms with E-state index in [9.17, 15) is 0 Å². The molecule has 1 saturated carbocycles. The van der Waals surface area contributed by atoms with Crippen molar-refractivity contribution in [3.63, 3.8) is 0 Å². The molecule has 0 bridgehead atoms. The molecular weight excluding hydrogens is 220 g/mol. The first-order valence-electron chi connectivity index (χ1n) is 8.14. The Hall–Kier alpha value is -0.0800. The molecule has 18 heavy (non-hydrogen) atoms. The van der Waals surface area contributed by atoms with Crippen molar-refractivity contribution in [2.24, 2.45) is 11.8 Å². The van der Waals surface area contributed by atoms with Crippen LogP contribution in [-0.2, 0) is 0 Å². The zero-order valence-electron chi connectivity index (χ0n) is 12.6. The molecule has 2 fully saturated rings. The molecule has 0 amide bonds. The van der Waals surface area contributed by atoms with Crippen molar-refractivity contribution < 1.29 is 0 Å². The zero-order chi connectivity index (χ0) is 13.0. The molecule has 2 nitrogen and oxygen atoms in total. The number of nitrogens with one attached hydrogen (secondary N) is 1. The van der Waals surface area contributed by atoms with E-state index in [4.69, 9.17) is 0 Å². The molecule has 0 radical (unpaired) electrons. The van der Waals surface area contributed by atoms with Gasteiger partial charge in [0.1, 0.15) is 0 Å². The van der Waals surface area contributed by atoms with Gasteiger partial charge in [0.15, 0.2) is 0 Å². The van der Waals surface area contributed by atoms with Crippen LogP contribution in [0.1, 0.15) is 59.3 Å². The van der Waals surface area contributed by atoms with E-state index in [-0.39, 0.29) is 0 Å². The maximum atomic E-state index is 3.76. The molecule has 1 aliphatic heterocycles. The maximum absolute atomic E-state index is 3.76. The van der Waals surface area contributed by atoms with Crippen LogP contribution >= 0.6 is 0 Å². The second-order valence-corrected chi connectivity index (χ2v) is 6.96. The number of nitrogens with zero attached hydrogens (tertiary/aromatic N) is 1. The Morgan fingerprint density at radius 2 is 1.94 bits per heavy atom. The van der Waals surface area contributed by atoms with Gasteiger partial charge in [0.2, 0.25) is 0 Å². The zero-order valence-corrected chi connectivity index (χ0v) is 12.6. The Bertz CT molecular complexity index is 239. The average molecular weight is 252 g/mol. The number of hydrogen-bond acceptors (Lipinski definition) is 2. The van der Waals surface area contributed by atoms with Crippen LogP contribution in [0, 0.1) is 11.8 Å². The SMILES string of the molecule is CC(C)CC1CN(C2CCCCC2C)CCCN1.